The fraction of sp³-hybridized carbons (Fsp3) is 0.773. The van der Waals surface area contributed by atoms with Crippen molar-refractivity contribution in [1.29, 1.82) is 0 Å². The monoisotopic (exact) mass is 342 g/mol. The number of rotatable bonds is 0. The van der Waals surface area contributed by atoms with Crippen LogP contribution >= 0.6 is 0 Å². The maximum absolute atomic E-state index is 11.9. The summed E-state index contributed by atoms with van der Waals surface area (Å²) in [4.78, 5) is 11.9. The Morgan fingerprint density at radius 2 is 1.80 bits per heavy atom. The predicted molar refractivity (Wildman–Crippen MR) is 95.8 cm³/mol. The van der Waals surface area contributed by atoms with Gasteiger partial charge in [0, 0.05) is 17.3 Å². The zero-order chi connectivity index (χ0) is 17.4. The van der Waals surface area contributed by atoms with Crippen molar-refractivity contribution >= 4 is 5.78 Å². The lowest BCUT2D eigenvalue weighted by Crippen LogP contribution is -2.56. The second-order valence-electron chi connectivity index (χ2n) is 9.60. The molecule has 0 aromatic carbocycles. The van der Waals surface area contributed by atoms with E-state index in [1.807, 2.05) is 12.2 Å². The summed E-state index contributed by atoms with van der Waals surface area (Å²) in [6, 6.07) is 0. The molecule has 1 spiro atoms. The van der Waals surface area contributed by atoms with Gasteiger partial charge in [-0.3, -0.25) is 4.79 Å². The number of carbonyl (C=O) groups excluding carboxylic acids is 1. The molecule has 1 saturated heterocycles. The van der Waals surface area contributed by atoms with Crippen molar-refractivity contribution in [1.82, 2.24) is 0 Å². The molecule has 5 rings (SSSR count). The first kappa shape index (κ1) is 16.3. The molecular weight excluding hydrogens is 312 g/mol. The van der Waals surface area contributed by atoms with Crippen LogP contribution in [0.1, 0.15) is 52.9 Å². The largest absolute Gasteiger partial charge is 0.347 e. The molecule has 3 heteroatoms. The van der Waals surface area contributed by atoms with Crippen molar-refractivity contribution in [2.24, 2.45) is 34.5 Å². The lowest BCUT2D eigenvalue weighted by molar-refractivity contribution is -0.244. The van der Waals surface area contributed by atoms with E-state index in [0.717, 1.165) is 26.1 Å². The fourth-order valence-electron chi connectivity index (χ4n) is 7.44. The molecule has 4 fully saturated rings. The summed E-state index contributed by atoms with van der Waals surface area (Å²) >= 11 is 0. The third-order valence-electron chi connectivity index (χ3n) is 8.70. The normalized spacial score (nSPS) is 50.4. The lowest BCUT2D eigenvalue weighted by Gasteiger charge is -2.59. The average Bonchev–Trinajstić information content (AvgIpc) is 3.17. The van der Waals surface area contributed by atoms with Crippen molar-refractivity contribution in [3.8, 4) is 0 Å². The van der Waals surface area contributed by atoms with E-state index in [4.69, 9.17) is 9.47 Å². The van der Waals surface area contributed by atoms with Gasteiger partial charge in [0.2, 0.25) is 0 Å². The van der Waals surface area contributed by atoms with Gasteiger partial charge < -0.3 is 9.47 Å². The molecule has 5 aliphatic rings. The van der Waals surface area contributed by atoms with Crippen LogP contribution in [0.2, 0.25) is 0 Å². The highest BCUT2D eigenvalue weighted by molar-refractivity contribution is 6.01. The molecule has 0 unspecified atom stereocenters. The van der Waals surface area contributed by atoms with Crippen molar-refractivity contribution in [2.45, 2.75) is 58.7 Å². The molecule has 3 saturated carbocycles. The summed E-state index contributed by atoms with van der Waals surface area (Å²) in [6.45, 7) is 8.73. The second kappa shape index (κ2) is 5.07. The molecule has 25 heavy (non-hydrogen) atoms. The lowest BCUT2D eigenvalue weighted by atomic mass is 9.46. The Morgan fingerprint density at radius 1 is 1.08 bits per heavy atom. The minimum absolute atomic E-state index is 0.0690. The number of hydrogen-bond donors (Lipinski definition) is 0. The van der Waals surface area contributed by atoms with Gasteiger partial charge in [-0.05, 0) is 61.5 Å². The average molecular weight is 342 g/mol. The van der Waals surface area contributed by atoms with E-state index in [2.05, 4.69) is 26.8 Å². The molecule has 6 atom stereocenters. The van der Waals surface area contributed by atoms with Crippen LogP contribution < -0.4 is 0 Å². The summed E-state index contributed by atoms with van der Waals surface area (Å²) in [5, 5.41) is 0. The molecule has 0 amide bonds. The topological polar surface area (TPSA) is 35.5 Å². The van der Waals surface area contributed by atoms with Gasteiger partial charge in [-0.15, -0.1) is 0 Å². The highest BCUT2D eigenvalue weighted by Crippen LogP contribution is 2.69. The molecule has 0 aromatic heterocycles. The first-order chi connectivity index (χ1) is 11.9. The van der Waals surface area contributed by atoms with Gasteiger partial charge in [-0.25, -0.2) is 0 Å². The second-order valence-corrected chi connectivity index (χ2v) is 9.60. The van der Waals surface area contributed by atoms with Gasteiger partial charge in [-0.1, -0.05) is 32.4 Å². The van der Waals surface area contributed by atoms with Gasteiger partial charge in [-0.2, -0.15) is 0 Å². The Kier molecular flexibility index (Phi) is 3.30. The van der Waals surface area contributed by atoms with E-state index in [9.17, 15) is 4.79 Å². The van der Waals surface area contributed by atoms with E-state index in [0.29, 0.717) is 23.7 Å². The van der Waals surface area contributed by atoms with Crippen molar-refractivity contribution in [2.75, 3.05) is 13.2 Å². The summed E-state index contributed by atoms with van der Waals surface area (Å²) in [5.74, 6) is 2.49. The Bertz CT molecular complexity index is 671. The summed E-state index contributed by atoms with van der Waals surface area (Å²) in [7, 11) is 0. The van der Waals surface area contributed by atoms with E-state index in [-0.39, 0.29) is 22.4 Å². The fourth-order valence-corrected chi connectivity index (χ4v) is 7.44. The molecule has 0 N–H and O–H groups in total. The predicted octanol–water partition coefficient (Wildman–Crippen LogP) is 4.28. The highest BCUT2D eigenvalue weighted by Gasteiger charge is 2.67. The van der Waals surface area contributed by atoms with Crippen LogP contribution in [0.15, 0.2) is 23.8 Å². The number of hydrogen-bond acceptors (Lipinski definition) is 3. The van der Waals surface area contributed by atoms with Crippen LogP contribution in [0.5, 0.6) is 0 Å². The van der Waals surface area contributed by atoms with Crippen LogP contribution in [-0.2, 0) is 14.3 Å². The molecule has 0 radical (unpaired) electrons. The van der Waals surface area contributed by atoms with E-state index in [1.54, 1.807) is 0 Å². The quantitative estimate of drug-likeness (QED) is 0.659. The number of ether oxygens (including phenoxy) is 2. The van der Waals surface area contributed by atoms with Crippen molar-refractivity contribution < 1.29 is 14.3 Å². The molecule has 1 aliphatic heterocycles. The molecule has 4 aliphatic carbocycles. The minimum atomic E-state index is -0.322. The summed E-state index contributed by atoms with van der Waals surface area (Å²) < 4.78 is 12.5. The first-order valence-electron chi connectivity index (χ1n) is 10.1. The van der Waals surface area contributed by atoms with Crippen LogP contribution in [0, 0.1) is 34.5 Å². The SMILES string of the molecule is C[C@@H]1CC2=CC(=O)C=C[C@]2(C)[C@@H]2CC[C@]3(C)[C@@H](CCC34OCCO4)[C@@H]12. The minimum Gasteiger partial charge on any atom is -0.347 e. The van der Waals surface area contributed by atoms with Crippen LogP contribution in [0.4, 0.5) is 0 Å². The highest BCUT2D eigenvalue weighted by atomic mass is 16.7. The number of allylic oxidation sites excluding steroid dienone is 4. The smallest absolute Gasteiger partial charge is 0.178 e. The third-order valence-corrected chi connectivity index (χ3v) is 8.70. The summed E-state index contributed by atoms with van der Waals surface area (Å²) in [5.41, 5.74) is 1.59. The first-order valence-corrected chi connectivity index (χ1v) is 10.1. The van der Waals surface area contributed by atoms with Gasteiger partial charge >= 0.3 is 0 Å². The van der Waals surface area contributed by atoms with Crippen LogP contribution in [-0.4, -0.2) is 24.8 Å². The Hall–Kier alpha value is -0.930. The van der Waals surface area contributed by atoms with Crippen LogP contribution in [0.25, 0.3) is 0 Å². The standard InChI is InChI=1S/C22H30O3/c1-14-12-15-13-16(23)4-7-20(15,2)17-5-8-21(3)18(19(14)17)6-9-22(21)24-10-11-25-22/h4,7,13-14,17-19H,5-6,8-12H2,1-3H3/t14-,17-,18+,19+,20+,21-/m1/s1. The van der Waals surface area contributed by atoms with Gasteiger partial charge in [0.05, 0.1) is 13.2 Å². The zero-order valence-corrected chi connectivity index (χ0v) is 15.7. The maximum Gasteiger partial charge on any atom is 0.178 e. The molecular formula is C22H30O3. The molecule has 1 heterocycles. The Balaban J connectivity index is 1.54. The Labute approximate surface area is 150 Å². The number of fused-ring (bicyclic) bond motifs is 6. The van der Waals surface area contributed by atoms with Crippen molar-refractivity contribution in [3.63, 3.8) is 0 Å². The van der Waals surface area contributed by atoms with Crippen molar-refractivity contribution in [3.05, 3.63) is 23.8 Å². The Morgan fingerprint density at radius 3 is 2.56 bits per heavy atom. The van der Waals surface area contributed by atoms with Gasteiger partial charge in [0.1, 0.15) is 0 Å². The van der Waals surface area contributed by atoms with Gasteiger partial charge in [0.25, 0.3) is 0 Å². The molecule has 0 aromatic rings. The maximum atomic E-state index is 11.9. The molecule has 0 bridgehead atoms. The zero-order valence-electron chi connectivity index (χ0n) is 15.7. The van der Waals surface area contributed by atoms with Gasteiger partial charge in [0.15, 0.2) is 11.6 Å². The van der Waals surface area contributed by atoms with E-state index >= 15 is 0 Å². The molecule has 136 valence electrons. The number of ketones is 1. The third kappa shape index (κ3) is 1.92. The van der Waals surface area contributed by atoms with E-state index < -0.39 is 0 Å². The molecule has 3 nitrogen and oxygen atoms in total. The van der Waals surface area contributed by atoms with Crippen LogP contribution in [0.3, 0.4) is 0 Å². The number of carbonyl (C=O) groups is 1. The summed E-state index contributed by atoms with van der Waals surface area (Å²) in [6.07, 6.45) is 11.7. The van der Waals surface area contributed by atoms with E-state index in [1.165, 1.54) is 24.8 Å².